The summed E-state index contributed by atoms with van der Waals surface area (Å²) >= 11 is 0. The fourth-order valence-corrected chi connectivity index (χ4v) is 1.97. The van der Waals surface area contributed by atoms with E-state index in [1.807, 2.05) is 0 Å². The van der Waals surface area contributed by atoms with Gasteiger partial charge in [0.2, 0.25) is 0 Å². The quantitative estimate of drug-likeness (QED) is 0.678. The van der Waals surface area contributed by atoms with Crippen molar-refractivity contribution in [1.29, 1.82) is 0 Å². The Bertz CT molecular complexity index is 772. The zero-order chi connectivity index (χ0) is 14.1. The molecule has 0 bridgehead atoms. The van der Waals surface area contributed by atoms with Gasteiger partial charge in [-0.2, -0.15) is 0 Å². The molecule has 2 heterocycles. The number of nitrogens with two attached hydrogens (primary N) is 1. The molecule has 3 aromatic rings. The Balaban J connectivity index is 1.89. The monoisotopic (exact) mass is 269 g/mol. The van der Waals surface area contributed by atoms with Crippen LogP contribution in [0.25, 0.3) is 11.1 Å². The highest BCUT2D eigenvalue weighted by molar-refractivity contribution is 6.09. The van der Waals surface area contributed by atoms with E-state index in [0.717, 1.165) is 5.52 Å². The number of aromatic nitrogens is 1. The van der Waals surface area contributed by atoms with Gasteiger partial charge in [-0.25, -0.2) is 0 Å². The molecule has 2 amide bonds. The van der Waals surface area contributed by atoms with Crippen molar-refractivity contribution >= 4 is 28.6 Å². The summed E-state index contributed by atoms with van der Waals surface area (Å²) in [6.07, 6.45) is 1.53. The Kier molecular flexibility index (Phi) is 2.76. The predicted octanol–water partition coefficient (Wildman–Crippen LogP) is 2.11. The highest BCUT2D eigenvalue weighted by Crippen LogP contribution is 2.19. The van der Waals surface area contributed by atoms with Crippen LogP contribution in [0.3, 0.4) is 0 Å². The average Bonchev–Trinajstić information content (AvgIpc) is 2.99. The third kappa shape index (κ3) is 2.03. The first-order valence-corrected chi connectivity index (χ1v) is 5.91. The molecule has 0 aliphatic carbocycles. The number of carbonyl (C=O) groups excluding carboxylic acids is 2. The minimum absolute atomic E-state index is 0.260. The molecule has 0 saturated carbocycles. The smallest absolute Gasteiger partial charge is 0.272 e. The fourth-order valence-electron chi connectivity index (χ4n) is 1.97. The molecular formula is C14H11N3O3. The first-order valence-electron chi connectivity index (χ1n) is 5.91. The van der Waals surface area contributed by atoms with Crippen LogP contribution in [-0.4, -0.2) is 16.8 Å². The molecule has 100 valence electrons. The highest BCUT2D eigenvalue weighted by atomic mass is 16.3. The van der Waals surface area contributed by atoms with Gasteiger partial charge in [0.1, 0.15) is 5.69 Å². The van der Waals surface area contributed by atoms with E-state index in [1.165, 1.54) is 6.26 Å². The molecule has 6 nitrogen and oxygen atoms in total. The van der Waals surface area contributed by atoms with Crippen molar-refractivity contribution in [1.82, 2.24) is 4.98 Å². The number of primary amides is 1. The molecule has 0 unspecified atom stereocenters. The Morgan fingerprint density at radius 3 is 2.75 bits per heavy atom. The van der Waals surface area contributed by atoms with E-state index in [4.69, 9.17) is 10.2 Å². The minimum Gasteiger partial charge on any atom is -0.463 e. The van der Waals surface area contributed by atoms with Gasteiger partial charge in [0.05, 0.1) is 23.0 Å². The van der Waals surface area contributed by atoms with Crippen molar-refractivity contribution in [2.45, 2.75) is 0 Å². The Hall–Kier alpha value is -3.02. The molecule has 0 aliphatic heterocycles. The number of para-hydroxylation sites is 1. The standard InChI is InChI=1S/C14H11N3O3/c15-13(18)8-3-1-2-4-9(8)17-14(19)11-7-12-10(16-11)5-6-20-12/h1-7,16H,(H2,15,18)(H,17,19). The molecule has 1 aromatic carbocycles. The van der Waals surface area contributed by atoms with Gasteiger partial charge < -0.3 is 20.5 Å². The van der Waals surface area contributed by atoms with Crippen molar-refractivity contribution < 1.29 is 14.0 Å². The van der Waals surface area contributed by atoms with Crippen molar-refractivity contribution in [3.8, 4) is 0 Å². The molecule has 2 aromatic heterocycles. The van der Waals surface area contributed by atoms with Crippen molar-refractivity contribution in [3.63, 3.8) is 0 Å². The van der Waals surface area contributed by atoms with E-state index < -0.39 is 5.91 Å². The molecule has 20 heavy (non-hydrogen) atoms. The molecule has 0 saturated heterocycles. The molecular weight excluding hydrogens is 258 g/mol. The number of carbonyl (C=O) groups is 2. The number of hydrogen-bond donors (Lipinski definition) is 3. The topological polar surface area (TPSA) is 101 Å². The summed E-state index contributed by atoms with van der Waals surface area (Å²) in [5.41, 5.74) is 7.57. The Morgan fingerprint density at radius 1 is 1.20 bits per heavy atom. The summed E-state index contributed by atoms with van der Waals surface area (Å²) in [7, 11) is 0. The molecule has 0 radical (unpaired) electrons. The molecule has 0 atom stereocenters. The Morgan fingerprint density at radius 2 is 2.00 bits per heavy atom. The van der Waals surface area contributed by atoms with E-state index in [-0.39, 0.29) is 11.5 Å². The molecule has 6 heteroatoms. The summed E-state index contributed by atoms with van der Waals surface area (Å²) in [5, 5.41) is 2.65. The number of benzene rings is 1. The third-order valence-corrected chi connectivity index (χ3v) is 2.93. The predicted molar refractivity (Wildman–Crippen MR) is 73.5 cm³/mol. The van der Waals surface area contributed by atoms with Gasteiger partial charge in [-0.15, -0.1) is 0 Å². The van der Waals surface area contributed by atoms with Crippen LogP contribution in [-0.2, 0) is 0 Å². The first kappa shape index (κ1) is 12.0. The average molecular weight is 269 g/mol. The van der Waals surface area contributed by atoms with Crippen LogP contribution < -0.4 is 11.1 Å². The second kappa shape index (κ2) is 4.58. The normalized spacial score (nSPS) is 10.6. The van der Waals surface area contributed by atoms with Crippen molar-refractivity contribution in [3.05, 3.63) is 53.9 Å². The fraction of sp³-hybridized carbons (Fsp3) is 0. The maximum atomic E-state index is 12.1. The van der Waals surface area contributed by atoms with Crippen LogP contribution in [0.15, 0.2) is 47.1 Å². The van der Waals surface area contributed by atoms with E-state index in [2.05, 4.69) is 10.3 Å². The van der Waals surface area contributed by atoms with Gasteiger partial charge in [0, 0.05) is 12.1 Å². The molecule has 0 fully saturated rings. The minimum atomic E-state index is -0.596. The van der Waals surface area contributed by atoms with Crippen LogP contribution in [0.4, 0.5) is 5.69 Å². The number of hydrogen-bond acceptors (Lipinski definition) is 3. The largest absolute Gasteiger partial charge is 0.463 e. The van der Waals surface area contributed by atoms with Gasteiger partial charge in [-0.3, -0.25) is 9.59 Å². The van der Waals surface area contributed by atoms with Gasteiger partial charge in [-0.1, -0.05) is 12.1 Å². The van der Waals surface area contributed by atoms with Crippen LogP contribution in [0.1, 0.15) is 20.8 Å². The van der Waals surface area contributed by atoms with Gasteiger partial charge in [0.15, 0.2) is 5.58 Å². The number of amides is 2. The lowest BCUT2D eigenvalue weighted by Gasteiger charge is -2.07. The SMILES string of the molecule is NC(=O)c1ccccc1NC(=O)c1cc2occc2[nH]1. The van der Waals surface area contributed by atoms with Crippen LogP contribution in [0.5, 0.6) is 0 Å². The molecule has 3 rings (SSSR count). The van der Waals surface area contributed by atoms with Crippen molar-refractivity contribution in [2.24, 2.45) is 5.73 Å². The number of rotatable bonds is 3. The van der Waals surface area contributed by atoms with Crippen LogP contribution in [0, 0.1) is 0 Å². The highest BCUT2D eigenvalue weighted by Gasteiger charge is 2.14. The van der Waals surface area contributed by atoms with E-state index in [1.54, 1.807) is 36.4 Å². The zero-order valence-electron chi connectivity index (χ0n) is 10.3. The van der Waals surface area contributed by atoms with Crippen LogP contribution in [0.2, 0.25) is 0 Å². The lowest BCUT2D eigenvalue weighted by atomic mass is 10.1. The lowest BCUT2D eigenvalue weighted by molar-refractivity contribution is 0.100. The molecule has 0 aliphatic rings. The number of H-pyrrole nitrogens is 1. The van der Waals surface area contributed by atoms with E-state index in [0.29, 0.717) is 17.0 Å². The number of anilines is 1. The summed E-state index contributed by atoms with van der Waals surface area (Å²) < 4.78 is 5.18. The number of aromatic amines is 1. The summed E-state index contributed by atoms with van der Waals surface area (Å²) in [6.45, 7) is 0. The second-order valence-electron chi connectivity index (χ2n) is 4.25. The zero-order valence-corrected chi connectivity index (χ0v) is 10.3. The summed E-state index contributed by atoms with van der Waals surface area (Å²) in [4.78, 5) is 26.3. The number of furan rings is 1. The van der Waals surface area contributed by atoms with Crippen LogP contribution >= 0.6 is 0 Å². The number of nitrogens with one attached hydrogen (secondary N) is 2. The maximum absolute atomic E-state index is 12.1. The van der Waals surface area contributed by atoms with Gasteiger partial charge in [0.25, 0.3) is 11.8 Å². The van der Waals surface area contributed by atoms with Gasteiger partial charge >= 0.3 is 0 Å². The summed E-state index contributed by atoms with van der Waals surface area (Å²) in [6, 6.07) is 9.88. The second-order valence-corrected chi connectivity index (χ2v) is 4.25. The lowest BCUT2D eigenvalue weighted by Crippen LogP contribution is -2.18. The first-order chi connectivity index (χ1) is 9.65. The third-order valence-electron chi connectivity index (χ3n) is 2.93. The van der Waals surface area contributed by atoms with Gasteiger partial charge in [-0.05, 0) is 12.1 Å². The Labute approximate surface area is 113 Å². The summed E-state index contributed by atoms with van der Waals surface area (Å²) in [5.74, 6) is -0.966. The molecule has 0 spiro atoms. The van der Waals surface area contributed by atoms with E-state index in [9.17, 15) is 9.59 Å². The molecule has 4 N–H and O–H groups in total. The van der Waals surface area contributed by atoms with E-state index >= 15 is 0 Å². The number of fused-ring (bicyclic) bond motifs is 1. The maximum Gasteiger partial charge on any atom is 0.272 e. The van der Waals surface area contributed by atoms with Crippen molar-refractivity contribution in [2.75, 3.05) is 5.32 Å².